The van der Waals surface area contributed by atoms with Crippen LogP contribution < -0.4 is 35.5 Å². The average molecular weight is 263 g/mol. The standard InChI is InChI=1S/Mn.H3N.2H3O4P/c;;2*1-5(2,3)4/h;1H3;2*(H3,1,2,3,4)/q+2;;;/p-5. The molecule has 1 radical (unpaired) electrons. The van der Waals surface area contributed by atoms with Crippen LogP contribution in [0, 0.1) is 0 Å². The first-order chi connectivity index (χ1) is 4.00. The average Bonchev–Trinajstić information content (AvgIpc) is 1.12. The summed E-state index contributed by atoms with van der Waals surface area (Å²) < 4.78 is 17.1. The Bertz CT molecular complexity index is 129. The van der Waals surface area contributed by atoms with E-state index in [4.69, 9.17) is 38.5 Å². The van der Waals surface area contributed by atoms with Gasteiger partial charge in [-0.05, 0) is 0 Å². The molecular formula is H4MnNO8P2-3. The third-order valence-electron chi connectivity index (χ3n) is 0. The molecule has 0 atom stereocenters. The second-order valence-corrected chi connectivity index (χ2v) is 2.68. The van der Waals surface area contributed by atoms with Gasteiger partial charge < -0.3 is 44.6 Å². The van der Waals surface area contributed by atoms with Crippen LogP contribution in [0.15, 0.2) is 0 Å². The molecule has 0 aliphatic heterocycles. The fourth-order valence-corrected chi connectivity index (χ4v) is 0. The van der Waals surface area contributed by atoms with E-state index in [-0.39, 0.29) is 23.2 Å². The van der Waals surface area contributed by atoms with Crippen LogP contribution in [0.3, 0.4) is 0 Å². The summed E-state index contributed by atoms with van der Waals surface area (Å²) in [5.74, 6) is 0. The quantitative estimate of drug-likeness (QED) is 0.328. The van der Waals surface area contributed by atoms with E-state index in [1.807, 2.05) is 0 Å². The van der Waals surface area contributed by atoms with Crippen molar-refractivity contribution in [2.45, 2.75) is 0 Å². The fraction of sp³-hybridized carbons (Fsp3) is 0. The molecule has 0 aliphatic carbocycles. The van der Waals surface area contributed by atoms with E-state index >= 15 is 0 Å². The summed E-state index contributed by atoms with van der Waals surface area (Å²) in [4.78, 5) is 51.3. The van der Waals surface area contributed by atoms with Gasteiger partial charge in [-0.25, -0.2) is 0 Å². The van der Waals surface area contributed by atoms with Crippen molar-refractivity contribution in [1.82, 2.24) is 6.15 Å². The summed E-state index contributed by atoms with van der Waals surface area (Å²) in [5, 5.41) is 0. The third-order valence-corrected chi connectivity index (χ3v) is 0. The normalized spacial score (nSPS) is 9.83. The number of quaternary nitrogens is 1. The van der Waals surface area contributed by atoms with Crippen molar-refractivity contribution in [2.24, 2.45) is 0 Å². The van der Waals surface area contributed by atoms with Crippen molar-refractivity contribution in [3.63, 3.8) is 0 Å². The summed E-state index contributed by atoms with van der Waals surface area (Å²) >= 11 is 0. The van der Waals surface area contributed by atoms with Crippen molar-refractivity contribution in [1.29, 1.82) is 0 Å². The predicted molar refractivity (Wildman–Crippen MR) is 21.2 cm³/mol. The topological polar surface area (TPSA) is 209 Å². The summed E-state index contributed by atoms with van der Waals surface area (Å²) in [7, 11) is -10.8. The van der Waals surface area contributed by atoms with Gasteiger partial charge in [0.15, 0.2) is 0 Å². The van der Waals surface area contributed by atoms with Gasteiger partial charge in [0.25, 0.3) is 0 Å². The van der Waals surface area contributed by atoms with Crippen LogP contribution in [-0.4, -0.2) is 0 Å². The first-order valence-corrected chi connectivity index (χ1v) is 4.38. The zero-order valence-corrected chi connectivity index (χ0v) is 8.51. The second-order valence-electron chi connectivity index (χ2n) is 0.894. The molecule has 0 aromatic rings. The number of phosphoric acid groups is 2. The molecule has 0 aromatic heterocycles. The van der Waals surface area contributed by atoms with E-state index in [1.54, 1.807) is 0 Å². The van der Waals surface area contributed by atoms with Crippen LogP contribution in [0.2, 0.25) is 0 Å². The minimum Gasteiger partial charge on any atom is -0.822 e. The molecule has 12 heteroatoms. The Morgan fingerprint density at radius 2 is 0.667 bits per heavy atom. The second kappa shape index (κ2) is 8.30. The molecule has 0 unspecified atom stereocenters. The Kier molecular flexibility index (Phi) is 15.9. The van der Waals surface area contributed by atoms with E-state index in [0.29, 0.717) is 0 Å². The van der Waals surface area contributed by atoms with Gasteiger partial charge in [-0.3, -0.25) is 0 Å². The molecule has 0 aliphatic rings. The van der Waals surface area contributed by atoms with Gasteiger partial charge in [-0.15, -0.1) is 0 Å². The molecule has 0 amide bonds. The first kappa shape index (κ1) is 23.0. The minimum atomic E-state index is -5.39. The van der Waals surface area contributed by atoms with Crippen molar-refractivity contribution in [3.05, 3.63) is 0 Å². The molecule has 12 heavy (non-hydrogen) atoms. The van der Waals surface area contributed by atoms with Gasteiger partial charge in [0.1, 0.15) is 0 Å². The predicted octanol–water partition coefficient (Wildman–Crippen LogP) is -5.28. The molecule has 0 heterocycles. The molecule has 0 fully saturated rings. The molecule has 77 valence electrons. The molecule has 0 spiro atoms. The number of rotatable bonds is 0. The maximum Gasteiger partial charge on any atom is 2.00 e. The Hall–Kier alpha value is 0.699. The fourth-order valence-electron chi connectivity index (χ4n) is 0. The zero-order valence-electron chi connectivity index (χ0n) is 5.54. The molecule has 0 rings (SSSR count). The van der Waals surface area contributed by atoms with Crippen molar-refractivity contribution in [2.75, 3.05) is 0 Å². The van der Waals surface area contributed by atoms with E-state index in [0.717, 1.165) is 0 Å². The molecule has 0 saturated heterocycles. The largest absolute Gasteiger partial charge is 2.00 e. The van der Waals surface area contributed by atoms with E-state index < -0.39 is 15.6 Å². The van der Waals surface area contributed by atoms with Gasteiger partial charge in [0, 0.05) is 0 Å². The molecular weight excluding hydrogens is 259 g/mol. The van der Waals surface area contributed by atoms with Crippen LogP contribution >= 0.6 is 15.6 Å². The molecule has 0 bridgehead atoms. The molecule has 4 N–H and O–H groups in total. The Balaban J connectivity index is -0.0000000457. The SMILES string of the molecule is O=P([O-])([O-])[O-].O=P([O-])([O-])[O-].[Mn+2].[NH4+]. The van der Waals surface area contributed by atoms with Gasteiger partial charge in [0.05, 0.1) is 0 Å². The summed E-state index contributed by atoms with van der Waals surface area (Å²) in [6, 6.07) is 0. The number of hydrogen-bond acceptors (Lipinski definition) is 8. The van der Waals surface area contributed by atoms with Crippen LogP contribution in [0.4, 0.5) is 0 Å². The van der Waals surface area contributed by atoms with Gasteiger partial charge in [-0.2, -0.15) is 15.6 Å². The van der Waals surface area contributed by atoms with Crippen LogP contribution in [0.25, 0.3) is 0 Å². The van der Waals surface area contributed by atoms with Gasteiger partial charge in [0.2, 0.25) is 0 Å². The summed E-state index contributed by atoms with van der Waals surface area (Å²) in [5.41, 5.74) is 0. The minimum absolute atomic E-state index is 0. The Morgan fingerprint density at radius 3 is 0.667 bits per heavy atom. The summed E-state index contributed by atoms with van der Waals surface area (Å²) in [6.45, 7) is 0. The van der Waals surface area contributed by atoms with Crippen LogP contribution in [0.5, 0.6) is 0 Å². The van der Waals surface area contributed by atoms with Crippen LogP contribution in [-0.2, 0) is 26.2 Å². The van der Waals surface area contributed by atoms with Crippen molar-refractivity contribution in [3.8, 4) is 0 Å². The Labute approximate surface area is 78.0 Å². The van der Waals surface area contributed by atoms with Crippen LogP contribution in [0.1, 0.15) is 0 Å². The molecule has 9 nitrogen and oxygen atoms in total. The zero-order chi connectivity index (χ0) is 9.00. The van der Waals surface area contributed by atoms with E-state index in [1.165, 1.54) is 0 Å². The number of hydrogen-bond donors (Lipinski definition) is 1. The van der Waals surface area contributed by atoms with Gasteiger partial charge >= 0.3 is 17.1 Å². The maximum absolute atomic E-state index is 8.55. The van der Waals surface area contributed by atoms with Gasteiger partial charge in [-0.1, -0.05) is 0 Å². The maximum atomic E-state index is 8.55. The monoisotopic (exact) mass is 263 g/mol. The van der Waals surface area contributed by atoms with Crippen molar-refractivity contribution < 1.29 is 55.6 Å². The summed E-state index contributed by atoms with van der Waals surface area (Å²) in [6.07, 6.45) is 0. The molecule has 0 saturated carbocycles. The van der Waals surface area contributed by atoms with E-state index in [9.17, 15) is 0 Å². The Morgan fingerprint density at radius 1 is 0.667 bits per heavy atom. The van der Waals surface area contributed by atoms with E-state index in [2.05, 4.69) is 0 Å². The third kappa shape index (κ3) is 2060. The van der Waals surface area contributed by atoms with Crippen molar-refractivity contribution >= 4 is 15.6 Å². The molecule has 0 aromatic carbocycles. The first-order valence-electron chi connectivity index (χ1n) is 1.46. The smallest absolute Gasteiger partial charge is 0.822 e.